The van der Waals surface area contributed by atoms with Crippen molar-refractivity contribution >= 4 is 12.0 Å². The number of aliphatic hydroxyl groups excluding tert-OH is 1. The van der Waals surface area contributed by atoms with Gasteiger partial charge in [-0.25, -0.2) is 4.79 Å². The number of hydrogen-bond acceptors (Lipinski definition) is 6. The van der Waals surface area contributed by atoms with E-state index in [4.69, 9.17) is 14.2 Å². The highest BCUT2D eigenvalue weighted by Crippen LogP contribution is 2.76. The lowest BCUT2D eigenvalue weighted by molar-refractivity contribution is -0.250. The van der Waals surface area contributed by atoms with Crippen molar-refractivity contribution in [2.75, 3.05) is 20.8 Å². The average molecular weight is 649 g/mol. The molecule has 6 heteroatoms. The molecule has 1 aromatic rings. The van der Waals surface area contributed by atoms with E-state index in [2.05, 4.69) is 48.1 Å². The van der Waals surface area contributed by atoms with Gasteiger partial charge in [0.05, 0.1) is 14.2 Å². The van der Waals surface area contributed by atoms with Gasteiger partial charge < -0.3 is 24.4 Å². The highest BCUT2D eigenvalue weighted by Gasteiger charge is 2.70. The van der Waals surface area contributed by atoms with Crippen LogP contribution in [0.15, 0.2) is 30.4 Å². The number of methoxy groups -OCH3 is 2. The maximum absolute atomic E-state index is 13.2. The molecule has 5 saturated carbocycles. The molecular weight excluding hydrogens is 588 g/mol. The smallest absolute Gasteiger partial charge is 0.331 e. The largest absolute Gasteiger partial charge is 0.502 e. The van der Waals surface area contributed by atoms with Crippen LogP contribution in [0.3, 0.4) is 0 Å². The number of benzene rings is 1. The Hall–Kier alpha value is -2.47. The standard InChI is InChI=1S/C41H60O6/c1-24(2)27-11-12-28-26(23-42)22-41(7)29(36(27)28)13-14-33-39(5)18-17-34(38(3,4)32(39)16-19-40(33,41)6)47-35(43)15-10-25-20-30(45-8)37(44)31(21-25)46-9/h10,15,20-21,26-29,32-34,36,42,44H,1,11-14,16-19,22-23H2,2-9H3. The first kappa shape index (κ1) is 34.4. The minimum atomic E-state index is -0.346. The number of rotatable bonds is 7. The Balaban J connectivity index is 1.22. The first-order valence-corrected chi connectivity index (χ1v) is 18.3. The fraction of sp³-hybridized carbons (Fsp3) is 0.732. The Morgan fingerprint density at radius 3 is 2.23 bits per heavy atom. The highest BCUT2D eigenvalue weighted by atomic mass is 16.5. The van der Waals surface area contributed by atoms with Crippen molar-refractivity contribution in [2.24, 2.45) is 63.1 Å². The van der Waals surface area contributed by atoms with Crippen molar-refractivity contribution in [2.45, 2.75) is 105 Å². The van der Waals surface area contributed by atoms with E-state index in [1.54, 1.807) is 18.2 Å². The zero-order chi connectivity index (χ0) is 34.1. The number of carbonyl (C=O) groups is 1. The van der Waals surface area contributed by atoms with Crippen LogP contribution in [0.5, 0.6) is 17.2 Å². The molecule has 0 amide bonds. The van der Waals surface area contributed by atoms with E-state index in [9.17, 15) is 15.0 Å². The van der Waals surface area contributed by atoms with E-state index in [1.165, 1.54) is 58.0 Å². The molecule has 0 bridgehead atoms. The highest BCUT2D eigenvalue weighted by molar-refractivity contribution is 5.87. The molecule has 5 aliphatic rings. The zero-order valence-electron chi connectivity index (χ0n) is 30.2. The van der Waals surface area contributed by atoms with Gasteiger partial charge in [-0.1, -0.05) is 46.8 Å². The summed E-state index contributed by atoms with van der Waals surface area (Å²) < 4.78 is 16.8. The summed E-state index contributed by atoms with van der Waals surface area (Å²) in [7, 11) is 2.97. The lowest BCUT2D eigenvalue weighted by Crippen LogP contribution is -2.67. The van der Waals surface area contributed by atoms with Gasteiger partial charge in [-0.3, -0.25) is 0 Å². The van der Waals surface area contributed by atoms with Crippen molar-refractivity contribution in [3.63, 3.8) is 0 Å². The Bertz CT molecular complexity index is 1390. The fourth-order valence-electron chi connectivity index (χ4n) is 13.2. The first-order chi connectivity index (χ1) is 22.2. The average Bonchev–Trinajstić information content (AvgIpc) is 3.47. The molecular formula is C41H60O6. The molecule has 11 unspecified atom stereocenters. The molecule has 0 spiro atoms. The number of phenolic OH excluding ortho intramolecular Hbond substituents is 1. The van der Waals surface area contributed by atoms with Crippen molar-refractivity contribution in [3.05, 3.63) is 35.9 Å². The summed E-state index contributed by atoms with van der Waals surface area (Å²) in [5.41, 5.74) is 2.49. The first-order valence-electron chi connectivity index (χ1n) is 18.3. The molecule has 47 heavy (non-hydrogen) atoms. The topological polar surface area (TPSA) is 85.2 Å². The predicted octanol–water partition coefficient (Wildman–Crippen LogP) is 8.84. The van der Waals surface area contributed by atoms with Gasteiger partial charge in [-0.15, -0.1) is 0 Å². The summed E-state index contributed by atoms with van der Waals surface area (Å²) in [6.07, 6.45) is 13.5. The molecule has 6 nitrogen and oxygen atoms in total. The van der Waals surface area contributed by atoms with Crippen LogP contribution in [0.1, 0.15) is 105 Å². The molecule has 260 valence electrons. The maximum Gasteiger partial charge on any atom is 0.331 e. The summed E-state index contributed by atoms with van der Waals surface area (Å²) in [4.78, 5) is 13.2. The third-order valence-electron chi connectivity index (χ3n) is 15.4. The Kier molecular flexibility index (Phi) is 8.89. The number of carbonyl (C=O) groups excluding carboxylic acids is 1. The molecule has 0 aliphatic heterocycles. The molecule has 0 aromatic heterocycles. The predicted molar refractivity (Wildman–Crippen MR) is 186 cm³/mol. The van der Waals surface area contributed by atoms with Gasteiger partial charge in [0, 0.05) is 18.1 Å². The van der Waals surface area contributed by atoms with Crippen LogP contribution in [-0.2, 0) is 9.53 Å². The lowest BCUT2D eigenvalue weighted by Gasteiger charge is -2.72. The van der Waals surface area contributed by atoms with Crippen molar-refractivity contribution < 1.29 is 29.2 Å². The number of aliphatic hydroxyl groups is 1. The van der Waals surface area contributed by atoms with Gasteiger partial charge in [0.25, 0.3) is 0 Å². The quantitative estimate of drug-likeness (QED) is 0.175. The van der Waals surface area contributed by atoms with Gasteiger partial charge >= 0.3 is 5.97 Å². The molecule has 5 aliphatic carbocycles. The van der Waals surface area contributed by atoms with Crippen LogP contribution in [0.4, 0.5) is 0 Å². The van der Waals surface area contributed by atoms with Crippen LogP contribution < -0.4 is 9.47 Å². The SMILES string of the molecule is C=C(C)C1CCC2C(CO)CC3(C)C(CCC4C5(C)CCC(OC(=O)C=Cc6cc(OC)c(O)c(OC)c6)C(C)(C)C5CCC43C)C12. The van der Waals surface area contributed by atoms with Crippen LogP contribution in [0.2, 0.25) is 0 Å². The van der Waals surface area contributed by atoms with Gasteiger partial charge in [-0.05, 0) is 146 Å². The van der Waals surface area contributed by atoms with E-state index >= 15 is 0 Å². The molecule has 0 radical (unpaired) electrons. The summed E-state index contributed by atoms with van der Waals surface area (Å²) >= 11 is 0. The summed E-state index contributed by atoms with van der Waals surface area (Å²) in [5, 5.41) is 21.0. The van der Waals surface area contributed by atoms with E-state index in [-0.39, 0.29) is 51.0 Å². The monoisotopic (exact) mass is 648 g/mol. The van der Waals surface area contributed by atoms with Gasteiger partial charge in [-0.2, -0.15) is 0 Å². The van der Waals surface area contributed by atoms with Crippen LogP contribution in [-0.4, -0.2) is 43.1 Å². The third-order valence-corrected chi connectivity index (χ3v) is 15.4. The fourth-order valence-corrected chi connectivity index (χ4v) is 13.2. The molecule has 2 N–H and O–H groups in total. The second kappa shape index (κ2) is 12.1. The number of hydrogen-bond donors (Lipinski definition) is 2. The number of ether oxygens (including phenoxy) is 3. The summed E-state index contributed by atoms with van der Waals surface area (Å²) in [5.74, 6) is 4.25. The molecule has 1 aromatic carbocycles. The van der Waals surface area contributed by atoms with E-state index in [0.717, 1.165) is 25.7 Å². The Morgan fingerprint density at radius 2 is 1.62 bits per heavy atom. The summed E-state index contributed by atoms with van der Waals surface area (Å²) in [6.45, 7) is 19.6. The number of esters is 1. The maximum atomic E-state index is 13.2. The van der Waals surface area contributed by atoms with Gasteiger partial charge in [0.2, 0.25) is 5.75 Å². The van der Waals surface area contributed by atoms with E-state index in [1.807, 2.05) is 0 Å². The molecule has 0 heterocycles. The molecule has 0 saturated heterocycles. The van der Waals surface area contributed by atoms with Crippen LogP contribution in [0, 0.1) is 63.1 Å². The second-order valence-electron chi connectivity index (χ2n) is 17.5. The zero-order valence-corrected chi connectivity index (χ0v) is 30.2. The van der Waals surface area contributed by atoms with Crippen molar-refractivity contribution in [1.29, 1.82) is 0 Å². The van der Waals surface area contributed by atoms with Crippen molar-refractivity contribution in [1.82, 2.24) is 0 Å². The number of allylic oxidation sites excluding steroid dienone is 1. The minimum absolute atomic E-state index is 0.0664. The lowest BCUT2D eigenvalue weighted by atomic mass is 9.32. The summed E-state index contributed by atoms with van der Waals surface area (Å²) in [6, 6.07) is 3.35. The Morgan fingerprint density at radius 1 is 0.936 bits per heavy atom. The van der Waals surface area contributed by atoms with Crippen molar-refractivity contribution in [3.8, 4) is 17.2 Å². The number of fused-ring (bicyclic) bond motifs is 7. The van der Waals surface area contributed by atoms with Gasteiger partial charge in [0.15, 0.2) is 11.5 Å². The van der Waals surface area contributed by atoms with Gasteiger partial charge in [0.1, 0.15) is 6.10 Å². The Labute approximate surface area is 283 Å². The number of aromatic hydroxyl groups is 1. The van der Waals surface area contributed by atoms with Crippen LogP contribution >= 0.6 is 0 Å². The third kappa shape index (κ3) is 5.17. The normalized spacial score (nSPS) is 42.1. The second-order valence-corrected chi connectivity index (χ2v) is 17.5. The molecule has 6 rings (SSSR count). The molecule has 5 fully saturated rings. The molecule has 11 atom stereocenters. The van der Waals surface area contributed by atoms with E-state index < -0.39 is 0 Å². The van der Waals surface area contributed by atoms with E-state index in [0.29, 0.717) is 53.6 Å². The minimum Gasteiger partial charge on any atom is -0.502 e. The van der Waals surface area contributed by atoms with Crippen LogP contribution in [0.25, 0.3) is 6.08 Å². The number of phenols is 1.